The van der Waals surface area contributed by atoms with E-state index in [4.69, 9.17) is 5.10 Å². The monoisotopic (exact) mass is 391 g/mol. The molecule has 0 aromatic heterocycles. The highest BCUT2D eigenvalue weighted by molar-refractivity contribution is 5.88. The third kappa shape index (κ3) is 3.92. The van der Waals surface area contributed by atoms with Crippen LogP contribution in [0.15, 0.2) is 102 Å². The predicted octanol–water partition coefficient (Wildman–Crippen LogP) is 6.61. The summed E-state index contributed by atoms with van der Waals surface area (Å²) in [6, 6.07) is 33.9. The highest BCUT2D eigenvalue weighted by Crippen LogP contribution is 2.29. The molecule has 1 aliphatic heterocycles. The lowest BCUT2D eigenvalue weighted by Gasteiger charge is -2.20. The molecule has 0 saturated carbocycles. The Hall–Kier alpha value is -3.59. The predicted molar refractivity (Wildman–Crippen MR) is 128 cm³/mol. The minimum absolute atomic E-state index is 1.04. The first-order valence-electron chi connectivity index (χ1n) is 10.6. The van der Waals surface area contributed by atoms with Gasteiger partial charge in [-0.15, -0.1) is 0 Å². The molecular weight excluding hydrogens is 366 g/mol. The van der Waals surface area contributed by atoms with Gasteiger partial charge >= 0.3 is 0 Å². The van der Waals surface area contributed by atoms with Crippen LogP contribution in [0, 0.1) is 0 Å². The van der Waals surface area contributed by atoms with E-state index in [1.165, 1.54) is 29.3 Å². The van der Waals surface area contributed by atoms with E-state index >= 15 is 0 Å². The fraction of sp³-hybridized carbons (Fsp3) is 0.148. The van der Waals surface area contributed by atoms with Gasteiger partial charge in [0.1, 0.15) is 0 Å². The van der Waals surface area contributed by atoms with Crippen LogP contribution in [0.5, 0.6) is 0 Å². The molecule has 0 bridgehead atoms. The van der Waals surface area contributed by atoms with Gasteiger partial charge in [-0.05, 0) is 65.6 Å². The normalized spacial score (nSPS) is 13.9. The lowest BCUT2D eigenvalue weighted by atomic mass is 10.1. The third-order valence-corrected chi connectivity index (χ3v) is 5.66. The molecule has 0 atom stereocenters. The fourth-order valence-electron chi connectivity index (χ4n) is 4.03. The summed E-state index contributed by atoms with van der Waals surface area (Å²) >= 11 is 0. The lowest BCUT2D eigenvalue weighted by molar-refractivity contribution is 0.949. The molecule has 5 rings (SSSR count). The topological polar surface area (TPSA) is 18.8 Å². The molecule has 0 aliphatic carbocycles. The van der Waals surface area contributed by atoms with Crippen LogP contribution in [0.1, 0.15) is 18.4 Å². The van der Waals surface area contributed by atoms with E-state index in [2.05, 4.69) is 83.8 Å². The van der Waals surface area contributed by atoms with Crippen molar-refractivity contribution < 1.29 is 0 Å². The molecule has 148 valence electrons. The number of nitrogens with zero attached hydrogens (tertiary/aromatic N) is 3. The first-order valence-corrected chi connectivity index (χ1v) is 10.6. The maximum Gasteiger partial charge on any atom is 0.0659 e. The summed E-state index contributed by atoms with van der Waals surface area (Å²) in [4.78, 5) is 2.45. The molecule has 1 heterocycles. The van der Waals surface area contributed by atoms with Crippen molar-refractivity contribution in [3.63, 3.8) is 0 Å². The van der Waals surface area contributed by atoms with Gasteiger partial charge in [0.05, 0.1) is 17.6 Å². The van der Waals surface area contributed by atoms with Crippen molar-refractivity contribution in [2.24, 2.45) is 5.10 Å². The first-order chi connectivity index (χ1) is 14.9. The summed E-state index contributed by atoms with van der Waals surface area (Å²) in [6.45, 7) is 2.33. The molecule has 1 saturated heterocycles. The van der Waals surface area contributed by atoms with Crippen molar-refractivity contribution >= 4 is 34.0 Å². The molecule has 4 aromatic carbocycles. The van der Waals surface area contributed by atoms with Crippen LogP contribution in [0.25, 0.3) is 10.8 Å². The molecule has 1 aliphatic rings. The minimum atomic E-state index is 1.04. The Balaban J connectivity index is 1.46. The Kier molecular flexibility index (Phi) is 5.17. The molecule has 0 spiro atoms. The average molecular weight is 392 g/mol. The molecule has 0 radical (unpaired) electrons. The fourth-order valence-corrected chi connectivity index (χ4v) is 4.03. The van der Waals surface area contributed by atoms with Gasteiger partial charge in [0, 0.05) is 18.8 Å². The Bertz CT molecular complexity index is 1140. The second kappa shape index (κ2) is 8.42. The third-order valence-electron chi connectivity index (χ3n) is 5.66. The van der Waals surface area contributed by atoms with Crippen LogP contribution >= 0.6 is 0 Å². The van der Waals surface area contributed by atoms with E-state index in [9.17, 15) is 0 Å². The maximum atomic E-state index is 4.86. The number of hydrogen-bond donors (Lipinski definition) is 0. The van der Waals surface area contributed by atoms with Gasteiger partial charge in [-0.2, -0.15) is 5.10 Å². The highest BCUT2D eigenvalue weighted by atomic mass is 15.5. The Labute approximate surface area is 177 Å². The lowest BCUT2D eigenvalue weighted by Crippen LogP contribution is -2.17. The summed E-state index contributed by atoms with van der Waals surface area (Å²) in [5.74, 6) is 0. The zero-order valence-electron chi connectivity index (χ0n) is 17.0. The van der Waals surface area contributed by atoms with E-state index < -0.39 is 0 Å². The summed E-state index contributed by atoms with van der Waals surface area (Å²) in [7, 11) is 0. The molecule has 1 fully saturated rings. The van der Waals surface area contributed by atoms with Crippen LogP contribution < -0.4 is 9.91 Å². The number of anilines is 3. The van der Waals surface area contributed by atoms with Gasteiger partial charge in [-0.1, -0.05) is 60.7 Å². The van der Waals surface area contributed by atoms with Crippen molar-refractivity contribution in [3.8, 4) is 0 Å². The van der Waals surface area contributed by atoms with Gasteiger partial charge in [0.25, 0.3) is 0 Å². The van der Waals surface area contributed by atoms with Crippen LogP contribution in [0.2, 0.25) is 0 Å². The number of para-hydroxylation sites is 1. The number of fused-ring (bicyclic) bond motifs is 1. The molecule has 3 heteroatoms. The summed E-state index contributed by atoms with van der Waals surface area (Å²) in [5.41, 5.74) is 4.49. The summed E-state index contributed by atoms with van der Waals surface area (Å²) in [6.07, 6.45) is 4.53. The van der Waals surface area contributed by atoms with Crippen LogP contribution in [0.4, 0.5) is 17.1 Å². The van der Waals surface area contributed by atoms with Crippen molar-refractivity contribution in [2.75, 3.05) is 23.0 Å². The van der Waals surface area contributed by atoms with Crippen molar-refractivity contribution in [3.05, 3.63) is 103 Å². The zero-order valence-corrected chi connectivity index (χ0v) is 17.0. The van der Waals surface area contributed by atoms with E-state index in [1.54, 1.807) is 0 Å². The van der Waals surface area contributed by atoms with E-state index in [0.29, 0.717) is 0 Å². The number of hydrazone groups is 1. The molecule has 0 N–H and O–H groups in total. The van der Waals surface area contributed by atoms with E-state index in [1.807, 2.05) is 29.4 Å². The maximum absolute atomic E-state index is 4.86. The molecular formula is C27H25N3. The Morgan fingerprint density at radius 3 is 2.13 bits per heavy atom. The molecule has 30 heavy (non-hydrogen) atoms. The van der Waals surface area contributed by atoms with Crippen LogP contribution in [0.3, 0.4) is 0 Å². The number of hydrogen-bond acceptors (Lipinski definition) is 3. The molecule has 3 nitrogen and oxygen atoms in total. The minimum Gasteiger partial charge on any atom is -0.372 e. The van der Waals surface area contributed by atoms with Gasteiger partial charge < -0.3 is 4.90 Å². The van der Waals surface area contributed by atoms with Crippen LogP contribution in [-0.4, -0.2) is 19.3 Å². The van der Waals surface area contributed by atoms with Crippen molar-refractivity contribution in [2.45, 2.75) is 12.8 Å². The van der Waals surface area contributed by atoms with Gasteiger partial charge in [-0.25, -0.2) is 5.01 Å². The smallest absolute Gasteiger partial charge is 0.0659 e. The summed E-state index contributed by atoms with van der Waals surface area (Å²) in [5, 5.41) is 9.31. The standard InChI is InChI=1S/C27H25N3/c1-2-10-26(11-3-1)30(27-17-14-23-8-4-5-9-24(23)20-27)28-21-22-12-15-25(16-13-22)29-18-6-7-19-29/h1-5,8-17,20-21H,6-7,18-19H2. The van der Waals surface area contributed by atoms with Crippen molar-refractivity contribution in [1.82, 2.24) is 0 Å². The molecule has 0 unspecified atom stereocenters. The van der Waals surface area contributed by atoms with Crippen molar-refractivity contribution in [1.29, 1.82) is 0 Å². The number of benzene rings is 4. The average Bonchev–Trinajstić information content (AvgIpc) is 3.35. The number of rotatable bonds is 5. The SMILES string of the molecule is C(=NN(c1ccccc1)c1ccc2ccccc2c1)c1ccc(N2CCCC2)cc1. The van der Waals surface area contributed by atoms with Gasteiger partial charge in [0.15, 0.2) is 0 Å². The second-order valence-electron chi connectivity index (χ2n) is 7.71. The highest BCUT2D eigenvalue weighted by Gasteiger charge is 2.12. The zero-order chi connectivity index (χ0) is 20.2. The van der Waals surface area contributed by atoms with Gasteiger partial charge in [-0.3, -0.25) is 0 Å². The molecule has 0 amide bonds. The Morgan fingerprint density at radius 2 is 1.37 bits per heavy atom. The quantitative estimate of drug-likeness (QED) is 0.281. The van der Waals surface area contributed by atoms with Gasteiger partial charge in [0.2, 0.25) is 0 Å². The summed E-state index contributed by atoms with van der Waals surface area (Å²) < 4.78 is 0. The van der Waals surface area contributed by atoms with E-state index in [0.717, 1.165) is 30.0 Å². The molecule has 4 aromatic rings. The second-order valence-corrected chi connectivity index (χ2v) is 7.71. The van der Waals surface area contributed by atoms with E-state index in [-0.39, 0.29) is 0 Å². The first kappa shape index (κ1) is 18.4. The van der Waals surface area contributed by atoms with Crippen LogP contribution in [-0.2, 0) is 0 Å². The largest absolute Gasteiger partial charge is 0.372 e. The Morgan fingerprint density at radius 1 is 0.667 bits per heavy atom.